The van der Waals surface area contributed by atoms with Crippen molar-refractivity contribution in [3.8, 4) is 5.75 Å². The number of rotatable bonds is 9. The smallest absolute Gasteiger partial charge is 0.191 e. The highest BCUT2D eigenvalue weighted by atomic mass is 16.5. The summed E-state index contributed by atoms with van der Waals surface area (Å²) in [5, 5.41) is 6.58. The molecule has 1 saturated heterocycles. The summed E-state index contributed by atoms with van der Waals surface area (Å²) in [5.74, 6) is 1.67. The van der Waals surface area contributed by atoms with Crippen LogP contribution in [0.2, 0.25) is 0 Å². The molecule has 0 saturated carbocycles. The maximum atomic E-state index is 5.89. The Kier molecular flexibility index (Phi) is 8.55. The van der Waals surface area contributed by atoms with E-state index in [-0.39, 0.29) is 12.2 Å². The van der Waals surface area contributed by atoms with Crippen molar-refractivity contribution in [2.24, 2.45) is 4.99 Å². The van der Waals surface area contributed by atoms with E-state index in [4.69, 9.17) is 14.2 Å². The minimum atomic E-state index is 0.0481. The molecule has 2 unspecified atom stereocenters. The van der Waals surface area contributed by atoms with Crippen LogP contribution >= 0.6 is 0 Å². The summed E-state index contributed by atoms with van der Waals surface area (Å²) in [7, 11) is 1.77. The lowest BCUT2D eigenvalue weighted by molar-refractivity contribution is 0.0420. The summed E-state index contributed by atoms with van der Waals surface area (Å²) < 4.78 is 16.9. The average molecular weight is 349 g/mol. The van der Waals surface area contributed by atoms with Crippen molar-refractivity contribution in [2.75, 3.05) is 40.0 Å². The van der Waals surface area contributed by atoms with E-state index in [2.05, 4.69) is 34.7 Å². The number of aliphatic imine (C=N–C) groups is 1. The van der Waals surface area contributed by atoms with E-state index in [9.17, 15) is 0 Å². The first-order chi connectivity index (χ1) is 12.2. The highest BCUT2D eigenvalue weighted by Crippen LogP contribution is 2.13. The fraction of sp³-hybridized carbons (Fsp3) is 0.632. The molecule has 0 bridgehead atoms. The molecule has 1 aromatic rings. The van der Waals surface area contributed by atoms with Gasteiger partial charge >= 0.3 is 0 Å². The highest BCUT2D eigenvalue weighted by Gasteiger charge is 2.15. The predicted molar refractivity (Wildman–Crippen MR) is 100 cm³/mol. The zero-order chi connectivity index (χ0) is 17.9. The number of benzene rings is 1. The number of nitrogens with zero attached hydrogens (tertiary/aromatic N) is 1. The molecule has 6 heteroatoms. The summed E-state index contributed by atoms with van der Waals surface area (Å²) >= 11 is 0. The summed E-state index contributed by atoms with van der Waals surface area (Å²) in [5.41, 5.74) is 1.23. The number of guanidine groups is 1. The Balaban J connectivity index is 1.56. The summed E-state index contributed by atoms with van der Waals surface area (Å²) in [4.78, 5) is 4.23. The maximum absolute atomic E-state index is 5.89. The number of hydrogen-bond acceptors (Lipinski definition) is 4. The second-order valence-corrected chi connectivity index (χ2v) is 6.33. The second-order valence-electron chi connectivity index (χ2n) is 6.33. The van der Waals surface area contributed by atoms with E-state index >= 15 is 0 Å². The van der Waals surface area contributed by atoms with Gasteiger partial charge in [0.05, 0.1) is 19.3 Å². The fourth-order valence-corrected chi connectivity index (χ4v) is 2.53. The molecule has 0 aromatic heterocycles. The van der Waals surface area contributed by atoms with Crippen molar-refractivity contribution in [1.29, 1.82) is 0 Å². The van der Waals surface area contributed by atoms with Crippen molar-refractivity contribution in [1.82, 2.24) is 10.6 Å². The van der Waals surface area contributed by atoms with Gasteiger partial charge in [-0.2, -0.15) is 0 Å². The number of nitrogens with one attached hydrogen (secondary N) is 2. The van der Waals surface area contributed by atoms with Gasteiger partial charge in [-0.15, -0.1) is 0 Å². The molecule has 1 aliphatic heterocycles. The topological polar surface area (TPSA) is 64.1 Å². The Morgan fingerprint density at radius 3 is 2.80 bits per heavy atom. The third-order valence-electron chi connectivity index (χ3n) is 3.99. The molecule has 2 N–H and O–H groups in total. The molecule has 1 aromatic carbocycles. The minimum absolute atomic E-state index is 0.0481. The molecular formula is C19H31N3O3. The lowest BCUT2D eigenvalue weighted by Gasteiger charge is -2.18. The van der Waals surface area contributed by atoms with Crippen molar-refractivity contribution in [2.45, 2.75) is 38.9 Å². The molecule has 2 rings (SSSR count). The molecule has 1 heterocycles. The molecule has 25 heavy (non-hydrogen) atoms. The van der Waals surface area contributed by atoms with E-state index in [1.165, 1.54) is 5.56 Å². The molecule has 140 valence electrons. The van der Waals surface area contributed by atoms with Gasteiger partial charge in [-0.3, -0.25) is 4.99 Å². The van der Waals surface area contributed by atoms with Crippen LogP contribution in [0.5, 0.6) is 5.75 Å². The fourth-order valence-electron chi connectivity index (χ4n) is 2.53. The van der Waals surface area contributed by atoms with Gasteiger partial charge in [0.1, 0.15) is 11.9 Å². The lowest BCUT2D eigenvalue weighted by Crippen LogP contribution is -2.42. The molecule has 1 fully saturated rings. The highest BCUT2D eigenvalue weighted by molar-refractivity contribution is 5.79. The SMILES string of the molecule is CN=C(NCCCOC1CCOC1)NCC(C)Oc1ccc(C)cc1. The standard InChI is InChI=1S/C19H31N3O3/c1-15-5-7-17(8-6-15)25-16(2)13-22-19(20-3)21-10-4-11-24-18-9-12-23-14-18/h5-8,16,18H,4,9-14H2,1-3H3,(H2,20,21,22). The van der Waals surface area contributed by atoms with Gasteiger partial charge in [0.15, 0.2) is 5.96 Å². The number of ether oxygens (including phenoxy) is 3. The first kappa shape index (κ1) is 19.5. The summed E-state index contributed by atoms with van der Waals surface area (Å²) in [6, 6.07) is 8.09. The van der Waals surface area contributed by atoms with Crippen LogP contribution in [0.25, 0.3) is 0 Å². The van der Waals surface area contributed by atoms with Gasteiger partial charge < -0.3 is 24.8 Å². The first-order valence-corrected chi connectivity index (χ1v) is 9.04. The van der Waals surface area contributed by atoms with Crippen molar-refractivity contribution in [3.05, 3.63) is 29.8 Å². The van der Waals surface area contributed by atoms with Crippen LogP contribution in [-0.2, 0) is 9.47 Å². The second kappa shape index (κ2) is 10.9. The Bertz CT molecular complexity index is 513. The van der Waals surface area contributed by atoms with Gasteiger partial charge in [-0.05, 0) is 38.8 Å². The van der Waals surface area contributed by atoms with Crippen molar-refractivity contribution in [3.63, 3.8) is 0 Å². The van der Waals surface area contributed by atoms with Crippen LogP contribution < -0.4 is 15.4 Å². The number of hydrogen-bond donors (Lipinski definition) is 2. The maximum Gasteiger partial charge on any atom is 0.191 e. The van der Waals surface area contributed by atoms with Crippen LogP contribution in [0.3, 0.4) is 0 Å². The molecule has 0 amide bonds. The quantitative estimate of drug-likeness (QED) is 0.406. The van der Waals surface area contributed by atoms with Gasteiger partial charge in [0.25, 0.3) is 0 Å². The predicted octanol–water partition coefficient (Wildman–Crippen LogP) is 2.12. The molecule has 6 nitrogen and oxygen atoms in total. The van der Waals surface area contributed by atoms with Crippen molar-refractivity contribution < 1.29 is 14.2 Å². The number of aryl methyl sites for hydroxylation is 1. The summed E-state index contributed by atoms with van der Waals surface area (Å²) in [6.07, 6.45) is 2.27. The zero-order valence-electron chi connectivity index (χ0n) is 15.6. The van der Waals surface area contributed by atoms with Gasteiger partial charge in [-0.25, -0.2) is 0 Å². The van der Waals surface area contributed by atoms with Crippen LogP contribution in [0.15, 0.2) is 29.3 Å². The normalized spacial score (nSPS) is 18.8. The Morgan fingerprint density at radius 1 is 1.32 bits per heavy atom. The van der Waals surface area contributed by atoms with E-state index in [0.29, 0.717) is 6.54 Å². The van der Waals surface area contributed by atoms with E-state index < -0.39 is 0 Å². The third kappa shape index (κ3) is 7.75. The molecule has 0 aliphatic carbocycles. The van der Waals surface area contributed by atoms with Crippen LogP contribution in [0, 0.1) is 6.92 Å². The van der Waals surface area contributed by atoms with Crippen molar-refractivity contribution >= 4 is 5.96 Å². The third-order valence-corrected chi connectivity index (χ3v) is 3.99. The monoisotopic (exact) mass is 349 g/mol. The molecule has 1 aliphatic rings. The van der Waals surface area contributed by atoms with Gasteiger partial charge in [-0.1, -0.05) is 17.7 Å². The largest absolute Gasteiger partial charge is 0.489 e. The molecule has 0 spiro atoms. The van der Waals surface area contributed by atoms with E-state index in [1.807, 2.05) is 19.1 Å². The Labute approximate surface area is 151 Å². The minimum Gasteiger partial charge on any atom is -0.489 e. The van der Waals surface area contributed by atoms with Crippen LogP contribution in [0.4, 0.5) is 0 Å². The Morgan fingerprint density at radius 2 is 2.12 bits per heavy atom. The van der Waals surface area contributed by atoms with Crippen LogP contribution in [-0.4, -0.2) is 58.1 Å². The van der Waals surface area contributed by atoms with E-state index in [1.54, 1.807) is 7.05 Å². The van der Waals surface area contributed by atoms with Gasteiger partial charge in [0.2, 0.25) is 0 Å². The Hall–Kier alpha value is -1.79. The first-order valence-electron chi connectivity index (χ1n) is 9.04. The average Bonchev–Trinajstić information content (AvgIpc) is 3.13. The lowest BCUT2D eigenvalue weighted by atomic mass is 10.2. The molecule has 2 atom stereocenters. The summed E-state index contributed by atoms with van der Waals surface area (Å²) in [6.45, 7) is 7.90. The van der Waals surface area contributed by atoms with E-state index in [0.717, 1.165) is 50.9 Å². The molecular weight excluding hydrogens is 318 g/mol. The molecule has 0 radical (unpaired) electrons. The van der Waals surface area contributed by atoms with Crippen LogP contribution in [0.1, 0.15) is 25.3 Å². The van der Waals surface area contributed by atoms with Gasteiger partial charge in [0, 0.05) is 26.8 Å². The zero-order valence-corrected chi connectivity index (χ0v) is 15.6.